The van der Waals surface area contributed by atoms with E-state index in [4.69, 9.17) is 4.52 Å². The van der Waals surface area contributed by atoms with Crippen molar-refractivity contribution < 1.29 is 4.52 Å². The summed E-state index contributed by atoms with van der Waals surface area (Å²) in [6.07, 6.45) is 19.5. The van der Waals surface area contributed by atoms with Crippen LogP contribution in [0, 0.1) is 34.5 Å². The molecule has 0 heterocycles. The van der Waals surface area contributed by atoms with Crippen molar-refractivity contribution in [3.05, 3.63) is 35.5 Å². The van der Waals surface area contributed by atoms with Crippen LogP contribution in [0.5, 0.6) is 0 Å². The number of allylic oxidation sites excluding steroid dienone is 6. The molecule has 0 spiro atoms. The van der Waals surface area contributed by atoms with Crippen molar-refractivity contribution in [2.24, 2.45) is 34.5 Å². The summed E-state index contributed by atoms with van der Waals surface area (Å²) >= 11 is 0. The first-order valence-corrected chi connectivity index (χ1v) is 11.3. The van der Waals surface area contributed by atoms with Crippen molar-refractivity contribution in [3.8, 4) is 0 Å². The zero-order chi connectivity index (χ0) is 18.5. The van der Waals surface area contributed by atoms with Crippen LogP contribution in [-0.4, -0.2) is 6.10 Å². The molecule has 2 heteroatoms. The Hall–Kier alpha value is -0.390. The lowest BCUT2D eigenvalue weighted by atomic mass is 9.48. The minimum atomic E-state index is 0.386. The molecule has 0 radical (unpaired) electrons. The lowest BCUT2D eigenvalue weighted by Crippen LogP contribution is -2.48. The van der Waals surface area contributed by atoms with Crippen molar-refractivity contribution in [2.45, 2.75) is 78.7 Å². The number of fused-ring (bicyclic) bond motifs is 5. The average Bonchev–Trinajstić information content (AvgIpc) is 2.98. The largest absolute Gasteiger partial charge is 0.362 e. The van der Waals surface area contributed by atoms with Gasteiger partial charge < -0.3 is 4.52 Å². The Kier molecular flexibility index (Phi) is 5.02. The molecular weight excluding hydrogens is 335 g/mol. The highest BCUT2D eigenvalue weighted by Crippen LogP contribution is 2.65. The molecule has 2 saturated carbocycles. The SMILES string of the molecule is C/C=C/[C@@H](C)C1=CC[C@H]2[C@@H]3CC[C@@H]4C[C@H](OP)CC[C@]4(C)C3=CC[C@]12C. The maximum Gasteiger partial charge on any atom is 0.0614 e. The van der Waals surface area contributed by atoms with Gasteiger partial charge in [-0.05, 0) is 86.4 Å². The predicted molar refractivity (Wildman–Crippen MR) is 114 cm³/mol. The molecule has 0 amide bonds. The van der Waals surface area contributed by atoms with Gasteiger partial charge in [-0.25, -0.2) is 0 Å². The van der Waals surface area contributed by atoms with E-state index in [0.717, 1.165) is 17.8 Å². The maximum absolute atomic E-state index is 5.65. The summed E-state index contributed by atoms with van der Waals surface area (Å²) in [5.74, 6) is 3.06. The quantitative estimate of drug-likeness (QED) is 0.388. The molecule has 0 saturated heterocycles. The third-order valence-electron chi connectivity index (χ3n) is 8.78. The number of hydrogen-bond acceptors (Lipinski definition) is 1. The minimum Gasteiger partial charge on any atom is -0.362 e. The van der Waals surface area contributed by atoms with Crippen LogP contribution >= 0.6 is 9.47 Å². The lowest BCUT2D eigenvalue weighted by Gasteiger charge is -2.57. The van der Waals surface area contributed by atoms with Gasteiger partial charge in [0.1, 0.15) is 0 Å². The molecular formula is C24H37OP. The molecule has 1 nitrogen and oxygen atoms in total. The Labute approximate surface area is 163 Å². The molecule has 1 unspecified atom stereocenters. The van der Waals surface area contributed by atoms with Crippen LogP contribution in [0.2, 0.25) is 0 Å². The van der Waals surface area contributed by atoms with E-state index in [1.165, 1.54) is 44.9 Å². The van der Waals surface area contributed by atoms with Gasteiger partial charge in [0.15, 0.2) is 0 Å². The Morgan fingerprint density at radius 2 is 2.00 bits per heavy atom. The van der Waals surface area contributed by atoms with Crippen LogP contribution in [0.15, 0.2) is 35.5 Å². The van der Waals surface area contributed by atoms with Gasteiger partial charge in [-0.15, -0.1) is 0 Å². The Morgan fingerprint density at radius 3 is 2.73 bits per heavy atom. The molecule has 2 fully saturated rings. The van der Waals surface area contributed by atoms with E-state index in [-0.39, 0.29) is 0 Å². The average molecular weight is 373 g/mol. The van der Waals surface area contributed by atoms with Gasteiger partial charge in [-0.3, -0.25) is 0 Å². The minimum absolute atomic E-state index is 0.386. The van der Waals surface area contributed by atoms with Gasteiger partial charge in [-0.2, -0.15) is 0 Å². The summed E-state index contributed by atoms with van der Waals surface area (Å²) in [6.45, 7) is 9.70. The fourth-order valence-corrected chi connectivity index (χ4v) is 7.57. The summed E-state index contributed by atoms with van der Waals surface area (Å²) in [7, 11) is 2.51. The maximum atomic E-state index is 5.65. The smallest absolute Gasteiger partial charge is 0.0614 e. The van der Waals surface area contributed by atoms with E-state index in [1.54, 1.807) is 5.57 Å². The molecule has 4 aliphatic carbocycles. The van der Waals surface area contributed by atoms with Gasteiger partial charge in [-0.1, -0.05) is 56.2 Å². The summed E-state index contributed by atoms with van der Waals surface area (Å²) in [5.41, 5.74) is 4.37. The Balaban J connectivity index is 1.62. The second-order valence-electron chi connectivity index (χ2n) is 9.93. The summed E-state index contributed by atoms with van der Waals surface area (Å²) < 4.78 is 5.65. The van der Waals surface area contributed by atoms with Crippen LogP contribution in [-0.2, 0) is 4.52 Å². The highest BCUT2D eigenvalue weighted by atomic mass is 31.0. The first kappa shape index (κ1) is 18.9. The second kappa shape index (κ2) is 6.89. The molecule has 4 rings (SSSR count). The molecule has 0 aromatic rings. The van der Waals surface area contributed by atoms with Crippen molar-refractivity contribution >= 4 is 9.47 Å². The monoisotopic (exact) mass is 372 g/mol. The molecule has 4 aliphatic rings. The van der Waals surface area contributed by atoms with Crippen molar-refractivity contribution in [1.29, 1.82) is 0 Å². The molecule has 0 bridgehead atoms. The molecule has 0 aromatic carbocycles. The zero-order valence-electron chi connectivity index (χ0n) is 17.1. The van der Waals surface area contributed by atoms with Crippen molar-refractivity contribution in [1.82, 2.24) is 0 Å². The van der Waals surface area contributed by atoms with Crippen LogP contribution in [0.3, 0.4) is 0 Å². The Morgan fingerprint density at radius 1 is 1.19 bits per heavy atom. The zero-order valence-corrected chi connectivity index (χ0v) is 18.3. The fraction of sp³-hybridized carbons (Fsp3) is 0.750. The molecule has 0 N–H and O–H groups in total. The summed E-state index contributed by atoms with van der Waals surface area (Å²) in [5, 5.41) is 0. The van der Waals surface area contributed by atoms with E-state index in [9.17, 15) is 0 Å². The van der Waals surface area contributed by atoms with E-state index >= 15 is 0 Å². The fourth-order valence-electron chi connectivity index (χ4n) is 7.32. The van der Waals surface area contributed by atoms with Gasteiger partial charge in [0, 0.05) is 9.47 Å². The highest BCUT2D eigenvalue weighted by molar-refractivity contribution is 7.09. The molecule has 0 aromatic heterocycles. The van der Waals surface area contributed by atoms with Crippen molar-refractivity contribution in [2.75, 3.05) is 0 Å². The molecule has 8 atom stereocenters. The summed E-state index contributed by atoms with van der Waals surface area (Å²) in [4.78, 5) is 0. The Bertz CT molecular complexity index is 647. The summed E-state index contributed by atoms with van der Waals surface area (Å²) in [6, 6.07) is 0. The van der Waals surface area contributed by atoms with E-state index in [0.29, 0.717) is 22.9 Å². The van der Waals surface area contributed by atoms with Crippen LogP contribution in [0.1, 0.15) is 72.6 Å². The van der Waals surface area contributed by atoms with E-state index in [2.05, 4.69) is 61.5 Å². The van der Waals surface area contributed by atoms with Gasteiger partial charge in [0.05, 0.1) is 6.10 Å². The van der Waals surface area contributed by atoms with E-state index in [1.807, 2.05) is 5.57 Å². The first-order chi connectivity index (χ1) is 12.4. The lowest BCUT2D eigenvalue weighted by molar-refractivity contribution is 0.00836. The van der Waals surface area contributed by atoms with E-state index < -0.39 is 0 Å². The van der Waals surface area contributed by atoms with Crippen LogP contribution < -0.4 is 0 Å². The standard InChI is InChI=1S/C24H37OP/c1-5-6-16(2)20-9-10-21-19-8-7-17-15-18(25-26)11-13-23(17,3)22(19)12-14-24(20,21)4/h5-6,9,12,16-19,21H,7-8,10-11,13-15,26H2,1-4H3/b6-5+/t16-,17-,18-,19+,21+,23+,24-/m1/s1. The van der Waals surface area contributed by atoms with Gasteiger partial charge in [0.2, 0.25) is 0 Å². The predicted octanol–water partition coefficient (Wildman–Crippen LogP) is 6.87. The first-order valence-electron chi connectivity index (χ1n) is 10.8. The third-order valence-corrected chi connectivity index (χ3v) is 9.17. The molecule has 144 valence electrons. The topological polar surface area (TPSA) is 9.23 Å². The number of hydrogen-bond donors (Lipinski definition) is 0. The second-order valence-corrected chi connectivity index (χ2v) is 10.2. The molecule has 26 heavy (non-hydrogen) atoms. The highest BCUT2D eigenvalue weighted by Gasteiger charge is 2.55. The normalized spacial score (nSPS) is 46.2. The number of rotatable bonds is 3. The van der Waals surface area contributed by atoms with Gasteiger partial charge in [0.25, 0.3) is 0 Å². The molecule has 0 aliphatic heterocycles. The van der Waals surface area contributed by atoms with Gasteiger partial charge >= 0.3 is 0 Å². The van der Waals surface area contributed by atoms with Crippen molar-refractivity contribution in [3.63, 3.8) is 0 Å². The van der Waals surface area contributed by atoms with Crippen LogP contribution in [0.25, 0.3) is 0 Å². The van der Waals surface area contributed by atoms with Crippen LogP contribution in [0.4, 0.5) is 0 Å². The third kappa shape index (κ3) is 2.72.